The number of alkyl halides is 3. The van der Waals surface area contributed by atoms with Crippen LogP contribution in [0.3, 0.4) is 0 Å². The summed E-state index contributed by atoms with van der Waals surface area (Å²) in [6, 6.07) is 2.23. The van der Waals surface area contributed by atoms with Gasteiger partial charge in [-0.1, -0.05) is 11.6 Å². The van der Waals surface area contributed by atoms with Crippen LogP contribution in [0.4, 0.5) is 17.6 Å². The Kier molecular flexibility index (Phi) is 2.52. The first-order chi connectivity index (χ1) is 5.82. The summed E-state index contributed by atoms with van der Waals surface area (Å²) in [4.78, 5) is 0. The summed E-state index contributed by atoms with van der Waals surface area (Å²) in [7, 11) is 0. The minimum absolute atomic E-state index is 0.0327. The lowest BCUT2D eigenvalue weighted by molar-refractivity contribution is -0.138. The average Bonchev–Trinajstić information content (AvgIpc) is 1.97. The smallest absolute Gasteiger partial charge is 0.206 e. The third-order valence-corrected chi connectivity index (χ3v) is 1.90. The third-order valence-electron chi connectivity index (χ3n) is 1.51. The number of hydrogen-bond acceptors (Lipinski definition) is 0. The molecule has 0 saturated heterocycles. The summed E-state index contributed by atoms with van der Waals surface area (Å²) in [5.41, 5.74) is -1.23. The lowest BCUT2D eigenvalue weighted by Gasteiger charge is -2.08. The van der Waals surface area contributed by atoms with Crippen molar-refractivity contribution in [3.05, 3.63) is 34.1 Å². The molecule has 71 valence electrons. The number of hydrogen-bond donors (Lipinski definition) is 0. The molecule has 1 aromatic carbocycles. The quantitative estimate of drug-likeness (QED) is 0.575. The van der Waals surface area contributed by atoms with E-state index in [0.717, 1.165) is 0 Å². The second-order valence-corrected chi connectivity index (χ2v) is 2.87. The van der Waals surface area contributed by atoms with E-state index in [1.807, 2.05) is 0 Å². The zero-order chi connectivity index (χ0) is 10.2. The second kappa shape index (κ2) is 3.18. The maximum atomic E-state index is 12.7. The standard InChI is InChI=1S/C8H4ClF4/c1-4-6(9)2-5(3-7(4)10)8(11,12)13/h2H,1H3. The van der Waals surface area contributed by atoms with E-state index in [4.69, 9.17) is 11.6 Å². The van der Waals surface area contributed by atoms with Gasteiger partial charge in [0.05, 0.1) is 5.56 Å². The van der Waals surface area contributed by atoms with E-state index in [9.17, 15) is 17.6 Å². The molecule has 0 spiro atoms. The Balaban J connectivity index is 3.29. The van der Waals surface area contributed by atoms with Crippen LogP contribution in [-0.2, 0) is 6.18 Å². The van der Waals surface area contributed by atoms with Crippen molar-refractivity contribution in [1.29, 1.82) is 0 Å². The van der Waals surface area contributed by atoms with Gasteiger partial charge in [0.1, 0.15) is 5.82 Å². The molecule has 0 N–H and O–H groups in total. The molecule has 0 aliphatic carbocycles. The first kappa shape index (κ1) is 10.3. The fraction of sp³-hybridized carbons (Fsp3) is 0.250. The van der Waals surface area contributed by atoms with E-state index in [1.54, 1.807) is 6.07 Å². The van der Waals surface area contributed by atoms with Crippen LogP contribution in [-0.4, -0.2) is 0 Å². The van der Waals surface area contributed by atoms with Crippen molar-refractivity contribution in [2.45, 2.75) is 13.1 Å². The van der Waals surface area contributed by atoms with Crippen molar-refractivity contribution in [3.8, 4) is 0 Å². The SMILES string of the molecule is Cc1c(F)[c]c(C(F)(F)F)cc1Cl. The van der Waals surface area contributed by atoms with Crippen molar-refractivity contribution in [2.75, 3.05) is 0 Å². The van der Waals surface area contributed by atoms with E-state index < -0.39 is 17.6 Å². The van der Waals surface area contributed by atoms with E-state index in [2.05, 4.69) is 0 Å². The second-order valence-electron chi connectivity index (χ2n) is 2.47. The summed E-state index contributed by atoms with van der Waals surface area (Å²) in [5.74, 6) is -1.07. The molecule has 0 amide bonds. The molecule has 1 aromatic rings. The normalized spacial score (nSPS) is 11.8. The van der Waals surface area contributed by atoms with Gasteiger partial charge in [0.15, 0.2) is 0 Å². The highest BCUT2D eigenvalue weighted by Crippen LogP contribution is 2.32. The van der Waals surface area contributed by atoms with Gasteiger partial charge in [0.25, 0.3) is 0 Å². The molecule has 0 bridgehead atoms. The van der Waals surface area contributed by atoms with Gasteiger partial charge in [0.2, 0.25) is 0 Å². The zero-order valence-corrected chi connectivity index (χ0v) is 7.22. The molecule has 1 radical (unpaired) electrons. The van der Waals surface area contributed by atoms with Crippen LogP contribution in [0.1, 0.15) is 11.1 Å². The van der Waals surface area contributed by atoms with Crippen LogP contribution in [0.2, 0.25) is 5.02 Å². The molecule has 0 heterocycles. The molecule has 0 aromatic heterocycles. The monoisotopic (exact) mass is 211 g/mol. The molecule has 0 fully saturated rings. The summed E-state index contributed by atoms with van der Waals surface area (Å²) in [6.45, 7) is 1.29. The lowest BCUT2D eigenvalue weighted by atomic mass is 10.1. The van der Waals surface area contributed by atoms with Crippen LogP contribution in [0.5, 0.6) is 0 Å². The Morgan fingerprint density at radius 3 is 2.31 bits per heavy atom. The summed E-state index contributed by atoms with van der Waals surface area (Å²) >= 11 is 5.37. The van der Waals surface area contributed by atoms with Crippen molar-refractivity contribution >= 4 is 11.6 Å². The van der Waals surface area contributed by atoms with Gasteiger partial charge >= 0.3 is 6.18 Å². The van der Waals surface area contributed by atoms with Crippen LogP contribution in [0.15, 0.2) is 6.07 Å². The maximum absolute atomic E-state index is 12.7. The van der Waals surface area contributed by atoms with E-state index in [0.29, 0.717) is 6.07 Å². The molecule has 1 rings (SSSR count). The predicted octanol–water partition coefficient (Wildman–Crippen LogP) is 3.61. The first-order valence-electron chi connectivity index (χ1n) is 3.27. The number of benzene rings is 1. The van der Waals surface area contributed by atoms with Crippen molar-refractivity contribution in [1.82, 2.24) is 0 Å². The average molecular weight is 212 g/mol. The Labute approximate surface area is 77.1 Å². The molecular formula is C8H4ClF4. The van der Waals surface area contributed by atoms with Crippen molar-refractivity contribution in [2.24, 2.45) is 0 Å². The molecule has 5 heteroatoms. The van der Waals surface area contributed by atoms with E-state index in [1.165, 1.54) is 6.92 Å². The van der Waals surface area contributed by atoms with Crippen molar-refractivity contribution < 1.29 is 17.6 Å². The van der Waals surface area contributed by atoms with Crippen LogP contribution < -0.4 is 0 Å². The lowest BCUT2D eigenvalue weighted by Crippen LogP contribution is -2.06. The Bertz CT molecular complexity index is 306. The van der Waals surface area contributed by atoms with Gasteiger partial charge in [-0.2, -0.15) is 13.2 Å². The van der Waals surface area contributed by atoms with Gasteiger partial charge in [-0.05, 0) is 13.0 Å². The van der Waals surface area contributed by atoms with Gasteiger partial charge in [-0.15, -0.1) is 0 Å². The minimum Gasteiger partial charge on any atom is -0.206 e. The van der Waals surface area contributed by atoms with Gasteiger partial charge in [0, 0.05) is 16.7 Å². The van der Waals surface area contributed by atoms with Gasteiger partial charge in [-0.3, -0.25) is 0 Å². The van der Waals surface area contributed by atoms with Gasteiger partial charge < -0.3 is 0 Å². The predicted molar refractivity (Wildman–Crippen MR) is 40.0 cm³/mol. The summed E-state index contributed by atoms with van der Waals surface area (Å²) < 4.78 is 48.8. The molecule has 0 unspecified atom stereocenters. The number of halogens is 5. The largest absolute Gasteiger partial charge is 0.417 e. The van der Waals surface area contributed by atoms with Crippen LogP contribution in [0.25, 0.3) is 0 Å². The van der Waals surface area contributed by atoms with Crippen LogP contribution in [0, 0.1) is 18.8 Å². The van der Waals surface area contributed by atoms with E-state index >= 15 is 0 Å². The maximum Gasteiger partial charge on any atom is 0.417 e. The Hall–Kier alpha value is -0.770. The summed E-state index contributed by atoms with van der Waals surface area (Å²) in [5, 5.41) is -0.247. The first-order valence-corrected chi connectivity index (χ1v) is 3.65. The highest BCUT2D eigenvalue weighted by Gasteiger charge is 2.32. The van der Waals surface area contributed by atoms with Crippen LogP contribution >= 0.6 is 11.6 Å². The fourth-order valence-electron chi connectivity index (χ4n) is 0.741. The Morgan fingerprint density at radius 1 is 1.38 bits per heavy atom. The molecule has 0 aliphatic rings. The molecule has 0 saturated carbocycles. The highest BCUT2D eigenvalue weighted by atomic mass is 35.5. The Morgan fingerprint density at radius 2 is 1.92 bits per heavy atom. The van der Waals surface area contributed by atoms with Crippen molar-refractivity contribution in [3.63, 3.8) is 0 Å². The highest BCUT2D eigenvalue weighted by molar-refractivity contribution is 6.31. The van der Waals surface area contributed by atoms with Gasteiger partial charge in [-0.25, -0.2) is 4.39 Å². The zero-order valence-electron chi connectivity index (χ0n) is 6.47. The van der Waals surface area contributed by atoms with E-state index in [-0.39, 0.29) is 10.6 Å². The third kappa shape index (κ3) is 2.12. The molecule has 0 atom stereocenters. The molecule has 13 heavy (non-hydrogen) atoms. The minimum atomic E-state index is -4.61. The number of rotatable bonds is 0. The summed E-state index contributed by atoms with van der Waals surface area (Å²) in [6.07, 6.45) is -4.61. The fourth-order valence-corrected chi connectivity index (χ4v) is 0.933. The topological polar surface area (TPSA) is 0 Å². The molecule has 0 nitrogen and oxygen atoms in total. The molecule has 0 aliphatic heterocycles. The molecular weight excluding hydrogens is 208 g/mol.